The normalized spacial score (nSPS) is 10.8. The molecule has 0 aliphatic rings. The Bertz CT molecular complexity index is 1580. The number of nitrogens with zero attached hydrogens (tertiary/aromatic N) is 1. The number of ether oxygens (including phenoxy) is 1. The highest BCUT2D eigenvalue weighted by molar-refractivity contribution is 6.07. The van der Waals surface area contributed by atoms with Crippen molar-refractivity contribution in [2.45, 2.75) is 6.61 Å². The second-order valence-corrected chi connectivity index (χ2v) is 8.58. The summed E-state index contributed by atoms with van der Waals surface area (Å²) in [7, 11) is 0. The molecule has 38 heavy (non-hydrogen) atoms. The van der Waals surface area contributed by atoms with Crippen molar-refractivity contribution < 1.29 is 14.3 Å². The first kappa shape index (κ1) is 24.5. The van der Waals surface area contributed by atoms with E-state index in [9.17, 15) is 9.59 Å². The number of hydrazine groups is 1. The van der Waals surface area contributed by atoms with Gasteiger partial charge < -0.3 is 4.74 Å². The number of nitrogens with one attached hydrogen (secondary N) is 2. The second kappa shape index (κ2) is 11.7. The molecular formula is C32H25N3O3. The van der Waals surface area contributed by atoms with E-state index in [1.165, 1.54) is 0 Å². The van der Waals surface area contributed by atoms with E-state index in [0.29, 0.717) is 22.2 Å². The zero-order chi connectivity index (χ0) is 26.2. The van der Waals surface area contributed by atoms with Crippen LogP contribution in [0.2, 0.25) is 0 Å². The topological polar surface area (TPSA) is 80.3 Å². The van der Waals surface area contributed by atoms with Crippen LogP contribution in [0.4, 0.5) is 4.79 Å². The maximum atomic E-state index is 13.0. The SMILES string of the molecule is O=C(NNC(=O)c1cc(-c2ccccc2)nc2ccccc12)OCc1ccc(C=Cc2ccccc2)cc1. The summed E-state index contributed by atoms with van der Waals surface area (Å²) in [6.07, 6.45) is 3.30. The second-order valence-electron chi connectivity index (χ2n) is 8.58. The third-order valence-electron chi connectivity index (χ3n) is 5.93. The van der Waals surface area contributed by atoms with E-state index in [2.05, 4.69) is 15.8 Å². The van der Waals surface area contributed by atoms with Gasteiger partial charge in [-0.15, -0.1) is 0 Å². The van der Waals surface area contributed by atoms with Crippen molar-refractivity contribution in [2.24, 2.45) is 0 Å². The summed E-state index contributed by atoms with van der Waals surface area (Å²) in [4.78, 5) is 29.9. The lowest BCUT2D eigenvalue weighted by Gasteiger charge is -2.12. The van der Waals surface area contributed by atoms with E-state index in [-0.39, 0.29) is 6.61 Å². The summed E-state index contributed by atoms with van der Waals surface area (Å²) in [5.74, 6) is -0.465. The molecule has 0 bridgehead atoms. The van der Waals surface area contributed by atoms with Crippen molar-refractivity contribution in [3.63, 3.8) is 0 Å². The fraction of sp³-hybridized carbons (Fsp3) is 0.0312. The van der Waals surface area contributed by atoms with Crippen LogP contribution in [0.25, 0.3) is 34.3 Å². The largest absolute Gasteiger partial charge is 0.443 e. The van der Waals surface area contributed by atoms with Gasteiger partial charge in [-0.3, -0.25) is 10.2 Å². The molecule has 186 valence electrons. The third kappa shape index (κ3) is 6.12. The standard InChI is InChI=1S/C32H25N3O3/c36-31(28-21-30(26-11-5-2-6-12-26)33-29-14-8-7-13-27(28)29)34-35-32(37)38-22-25-19-17-24(18-20-25)16-15-23-9-3-1-4-10-23/h1-21H,22H2,(H,34,36)(H,35,37). The predicted octanol–water partition coefficient (Wildman–Crippen LogP) is 6.64. The lowest BCUT2D eigenvalue weighted by Crippen LogP contribution is -2.42. The number of carbonyl (C=O) groups excluding carboxylic acids is 2. The molecule has 1 heterocycles. The van der Waals surface area contributed by atoms with Gasteiger partial charge in [0.15, 0.2) is 0 Å². The minimum absolute atomic E-state index is 0.0702. The summed E-state index contributed by atoms with van der Waals surface area (Å²) in [6.45, 7) is 0.0702. The zero-order valence-corrected chi connectivity index (χ0v) is 20.5. The molecule has 0 fully saturated rings. The number of pyridine rings is 1. The monoisotopic (exact) mass is 499 g/mol. The Morgan fingerprint density at radius 1 is 0.711 bits per heavy atom. The number of benzene rings is 4. The molecule has 0 atom stereocenters. The summed E-state index contributed by atoms with van der Waals surface area (Å²) < 4.78 is 5.27. The van der Waals surface area contributed by atoms with E-state index in [1.54, 1.807) is 6.07 Å². The molecular weight excluding hydrogens is 474 g/mol. The Morgan fingerprint density at radius 2 is 1.34 bits per heavy atom. The average molecular weight is 500 g/mol. The van der Waals surface area contributed by atoms with Gasteiger partial charge in [0, 0.05) is 10.9 Å². The summed E-state index contributed by atoms with van der Waals surface area (Å²) in [6, 6.07) is 36.5. The molecule has 6 heteroatoms. The molecule has 1 aromatic heterocycles. The van der Waals surface area contributed by atoms with E-state index in [0.717, 1.165) is 22.3 Å². The summed E-state index contributed by atoms with van der Waals surface area (Å²) >= 11 is 0. The number of rotatable bonds is 6. The van der Waals surface area contributed by atoms with Crippen LogP contribution in [0.5, 0.6) is 0 Å². The van der Waals surface area contributed by atoms with Crippen LogP contribution < -0.4 is 10.9 Å². The van der Waals surface area contributed by atoms with Gasteiger partial charge in [0.2, 0.25) is 0 Å². The molecule has 5 aromatic rings. The Hall–Kier alpha value is -5.23. The van der Waals surface area contributed by atoms with Gasteiger partial charge in [-0.25, -0.2) is 15.2 Å². The van der Waals surface area contributed by atoms with Crippen molar-refractivity contribution in [3.8, 4) is 11.3 Å². The fourth-order valence-corrected chi connectivity index (χ4v) is 3.96. The molecule has 2 N–H and O–H groups in total. The molecule has 0 aliphatic carbocycles. The van der Waals surface area contributed by atoms with Gasteiger partial charge in [0.25, 0.3) is 5.91 Å². The fourth-order valence-electron chi connectivity index (χ4n) is 3.96. The van der Waals surface area contributed by atoms with Crippen LogP contribution in [-0.2, 0) is 11.3 Å². The highest BCUT2D eigenvalue weighted by Crippen LogP contribution is 2.24. The number of aromatic nitrogens is 1. The van der Waals surface area contributed by atoms with Crippen molar-refractivity contribution in [1.82, 2.24) is 15.8 Å². The van der Waals surface area contributed by atoms with Crippen molar-refractivity contribution in [3.05, 3.63) is 138 Å². The molecule has 0 aliphatic heterocycles. The molecule has 0 radical (unpaired) electrons. The molecule has 5 rings (SSSR count). The number of amides is 2. The number of para-hydroxylation sites is 1. The van der Waals surface area contributed by atoms with Gasteiger partial charge in [-0.05, 0) is 28.8 Å². The lowest BCUT2D eigenvalue weighted by molar-refractivity contribution is 0.0906. The Balaban J connectivity index is 1.19. The minimum atomic E-state index is -0.756. The Kier molecular flexibility index (Phi) is 7.51. The molecule has 0 unspecified atom stereocenters. The van der Waals surface area contributed by atoms with Crippen molar-refractivity contribution >= 4 is 35.1 Å². The number of carbonyl (C=O) groups is 2. The molecule has 0 spiro atoms. The summed E-state index contributed by atoms with van der Waals surface area (Å²) in [5.41, 5.74) is 10.4. The molecule has 0 saturated carbocycles. The Morgan fingerprint density at radius 3 is 2.08 bits per heavy atom. The highest BCUT2D eigenvalue weighted by Gasteiger charge is 2.15. The molecule has 4 aromatic carbocycles. The molecule has 0 saturated heterocycles. The number of hydrogen-bond acceptors (Lipinski definition) is 4. The first-order chi connectivity index (χ1) is 18.7. The highest BCUT2D eigenvalue weighted by atomic mass is 16.6. The van der Waals surface area contributed by atoms with Crippen molar-refractivity contribution in [1.29, 1.82) is 0 Å². The first-order valence-corrected chi connectivity index (χ1v) is 12.2. The molecule has 2 amide bonds. The van der Waals surface area contributed by atoms with Crippen LogP contribution in [0.1, 0.15) is 27.0 Å². The van der Waals surface area contributed by atoms with Gasteiger partial charge in [-0.1, -0.05) is 115 Å². The zero-order valence-electron chi connectivity index (χ0n) is 20.5. The van der Waals surface area contributed by atoms with Gasteiger partial charge in [-0.2, -0.15) is 0 Å². The maximum absolute atomic E-state index is 13.0. The van der Waals surface area contributed by atoms with Gasteiger partial charge in [0.1, 0.15) is 6.61 Å². The Labute approximate surface area is 220 Å². The minimum Gasteiger partial charge on any atom is -0.443 e. The van der Waals surface area contributed by atoms with Gasteiger partial charge >= 0.3 is 6.09 Å². The third-order valence-corrected chi connectivity index (χ3v) is 5.93. The quantitative estimate of drug-likeness (QED) is 0.203. The van der Waals surface area contributed by atoms with Crippen LogP contribution in [0, 0.1) is 0 Å². The van der Waals surface area contributed by atoms with Crippen LogP contribution in [0.15, 0.2) is 115 Å². The lowest BCUT2D eigenvalue weighted by atomic mass is 10.0. The average Bonchev–Trinajstić information content (AvgIpc) is 2.98. The van der Waals surface area contributed by atoms with Crippen molar-refractivity contribution in [2.75, 3.05) is 0 Å². The molecule has 6 nitrogen and oxygen atoms in total. The smallest absolute Gasteiger partial charge is 0.426 e. The van der Waals surface area contributed by atoms with Crippen LogP contribution in [0.3, 0.4) is 0 Å². The first-order valence-electron chi connectivity index (χ1n) is 12.2. The van der Waals surface area contributed by atoms with Gasteiger partial charge in [0.05, 0.1) is 16.8 Å². The number of fused-ring (bicyclic) bond motifs is 1. The van der Waals surface area contributed by atoms with Crippen LogP contribution in [-0.4, -0.2) is 17.0 Å². The number of hydrogen-bond donors (Lipinski definition) is 2. The maximum Gasteiger partial charge on any atom is 0.426 e. The van der Waals surface area contributed by atoms with E-state index >= 15 is 0 Å². The summed E-state index contributed by atoms with van der Waals surface area (Å²) in [5, 5.41) is 0.682. The van der Waals surface area contributed by atoms with E-state index < -0.39 is 12.0 Å². The van der Waals surface area contributed by atoms with E-state index in [1.807, 2.05) is 121 Å². The predicted molar refractivity (Wildman–Crippen MR) is 150 cm³/mol. The van der Waals surface area contributed by atoms with E-state index in [4.69, 9.17) is 4.74 Å². The van der Waals surface area contributed by atoms with Crippen LogP contribution >= 0.6 is 0 Å².